The van der Waals surface area contributed by atoms with Crippen LogP contribution in [0.5, 0.6) is 5.75 Å². The molecule has 2 aromatic rings. The van der Waals surface area contributed by atoms with Crippen LogP contribution in [0.1, 0.15) is 37.2 Å². The van der Waals surface area contributed by atoms with E-state index in [0.29, 0.717) is 0 Å². The van der Waals surface area contributed by atoms with Crippen molar-refractivity contribution in [2.24, 2.45) is 0 Å². The predicted octanol–water partition coefficient (Wildman–Crippen LogP) is 3.64. The van der Waals surface area contributed by atoms with Gasteiger partial charge in [0.05, 0.1) is 19.0 Å². The third-order valence-corrected chi connectivity index (χ3v) is 3.29. The molecule has 0 fully saturated rings. The van der Waals surface area contributed by atoms with Gasteiger partial charge in [-0.25, -0.2) is 4.39 Å². The van der Waals surface area contributed by atoms with E-state index in [1.807, 2.05) is 31.2 Å². The van der Waals surface area contributed by atoms with Gasteiger partial charge in [0.15, 0.2) is 0 Å². The molecule has 2 rings (SSSR count). The second-order valence-corrected chi connectivity index (χ2v) is 4.79. The maximum absolute atomic E-state index is 12.9. The average Bonchev–Trinajstić information content (AvgIpc) is 2.47. The van der Waals surface area contributed by atoms with Gasteiger partial charge in [-0.2, -0.15) is 0 Å². The topological polar surface area (TPSA) is 34.1 Å². The first-order valence-electron chi connectivity index (χ1n) is 6.61. The Bertz CT molecular complexity index is 557. The number of pyridine rings is 1. The number of benzene rings is 1. The van der Waals surface area contributed by atoms with Crippen molar-refractivity contribution in [3.63, 3.8) is 0 Å². The number of nitrogens with zero attached hydrogens (tertiary/aromatic N) is 1. The molecule has 4 heteroatoms. The molecule has 0 saturated carbocycles. The van der Waals surface area contributed by atoms with Crippen molar-refractivity contribution in [2.75, 3.05) is 7.11 Å². The van der Waals surface area contributed by atoms with Crippen LogP contribution in [0, 0.1) is 5.82 Å². The smallest absolute Gasteiger partial charge is 0.141 e. The van der Waals surface area contributed by atoms with Gasteiger partial charge in [0.1, 0.15) is 11.6 Å². The highest BCUT2D eigenvalue weighted by Gasteiger charge is 2.12. The summed E-state index contributed by atoms with van der Waals surface area (Å²) in [5, 5.41) is 3.44. The quantitative estimate of drug-likeness (QED) is 0.903. The fraction of sp³-hybridized carbons (Fsp3) is 0.312. The number of hydrogen-bond acceptors (Lipinski definition) is 3. The summed E-state index contributed by atoms with van der Waals surface area (Å²) in [6, 6.07) is 11.2. The number of rotatable bonds is 5. The van der Waals surface area contributed by atoms with Gasteiger partial charge in [0, 0.05) is 12.1 Å². The fourth-order valence-corrected chi connectivity index (χ4v) is 2.11. The molecule has 2 unspecified atom stereocenters. The van der Waals surface area contributed by atoms with E-state index in [1.165, 1.54) is 12.3 Å². The molecule has 0 aliphatic heterocycles. The van der Waals surface area contributed by atoms with E-state index in [4.69, 9.17) is 4.74 Å². The lowest BCUT2D eigenvalue weighted by Gasteiger charge is -2.20. The van der Waals surface area contributed by atoms with Gasteiger partial charge in [-0.05, 0) is 43.7 Å². The van der Waals surface area contributed by atoms with Gasteiger partial charge in [-0.1, -0.05) is 12.1 Å². The normalized spacial score (nSPS) is 13.8. The van der Waals surface area contributed by atoms with E-state index in [1.54, 1.807) is 13.2 Å². The Labute approximate surface area is 118 Å². The molecule has 0 aliphatic carbocycles. The van der Waals surface area contributed by atoms with E-state index < -0.39 is 0 Å². The second kappa shape index (κ2) is 6.48. The van der Waals surface area contributed by atoms with E-state index >= 15 is 0 Å². The Hall–Kier alpha value is -1.94. The van der Waals surface area contributed by atoms with Gasteiger partial charge in [-0.15, -0.1) is 0 Å². The highest BCUT2D eigenvalue weighted by molar-refractivity contribution is 5.30. The summed E-state index contributed by atoms with van der Waals surface area (Å²) < 4.78 is 18.1. The summed E-state index contributed by atoms with van der Waals surface area (Å²) in [4.78, 5) is 4.10. The van der Waals surface area contributed by atoms with E-state index in [-0.39, 0.29) is 17.9 Å². The third kappa shape index (κ3) is 3.54. The van der Waals surface area contributed by atoms with Gasteiger partial charge in [0.25, 0.3) is 0 Å². The molecule has 106 valence electrons. The highest BCUT2D eigenvalue weighted by atomic mass is 19.1. The Balaban J connectivity index is 2.06. The molecule has 2 atom stereocenters. The van der Waals surface area contributed by atoms with Crippen LogP contribution < -0.4 is 10.1 Å². The van der Waals surface area contributed by atoms with E-state index in [0.717, 1.165) is 17.0 Å². The minimum Gasteiger partial charge on any atom is -0.497 e. The van der Waals surface area contributed by atoms with Crippen molar-refractivity contribution < 1.29 is 9.13 Å². The van der Waals surface area contributed by atoms with Gasteiger partial charge in [-0.3, -0.25) is 4.98 Å². The van der Waals surface area contributed by atoms with Crippen LogP contribution >= 0.6 is 0 Å². The van der Waals surface area contributed by atoms with Crippen molar-refractivity contribution in [3.8, 4) is 5.75 Å². The Morgan fingerprint density at radius 3 is 2.60 bits per heavy atom. The number of hydrogen-bond donors (Lipinski definition) is 1. The summed E-state index contributed by atoms with van der Waals surface area (Å²) in [5.41, 5.74) is 1.96. The lowest BCUT2D eigenvalue weighted by molar-refractivity contribution is 0.412. The number of halogens is 1. The molecular weight excluding hydrogens is 255 g/mol. The van der Waals surface area contributed by atoms with Crippen LogP contribution in [-0.2, 0) is 0 Å². The van der Waals surface area contributed by atoms with Crippen molar-refractivity contribution >= 4 is 0 Å². The first-order valence-corrected chi connectivity index (χ1v) is 6.61. The predicted molar refractivity (Wildman–Crippen MR) is 77.2 cm³/mol. The molecule has 1 aromatic heterocycles. The molecule has 0 amide bonds. The molecule has 1 aromatic carbocycles. The molecule has 0 aliphatic rings. The molecule has 0 spiro atoms. The molecule has 0 saturated heterocycles. The minimum absolute atomic E-state index is 0.0387. The maximum atomic E-state index is 12.9. The summed E-state index contributed by atoms with van der Waals surface area (Å²) in [7, 11) is 1.66. The van der Waals surface area contributed by atoms with Crippen LogP contribution in [0.15, 0.2) is 42.6 Å². The standard InChI is InChI=1S/C16H19FN2O/c1-11(13-5-4-6-15(9-13)20-3)19-12(2)16-8-7-14(17)10-18-16/h4-12,19H,1-3H3. The largest absolute Gasteiger partial charge is 0.497 e. The zero-order valence-corrected chi connectivity index (χ0v) is 11.9. The summed E-state index contributed by atoms with van der Waals surface area (Å²) >= 11 is 0. The highest BCUT2D eigenvalue weighted by Crippen LogP contribution is 2.21. The van der Waals surface area contributed by atoms with Crippen LogP contribution in [0.2, 0.25) is 0 Å². The molecule has 1 N–H and O–H groups in total. The van der Waals surface area contributed by atoms with Crippen LogP contribution in [0.25, 0.3) is 0 Å². The zero-order chi connectivity index (χ0) is 14.5. The van der Waals surface area contributed by atoms with Crippen LogP contribution in [0.4, 0.5) is 4.39 Å². The third-order valence-electron chi connectivity index (χ3n) is 3.29. The van der Waals surface area contributed by atoms with E-state index in [9.17, 15) is 4.39 Å². The lowest BCUT2D eigenvalue weighted by atomic mass is 10.1. The lowest BCUT2D eigenvalue weighted by Crippen LogP contribution is -2.23. The first kappa shape index (κ1) is 14.5. The number of ether oxygens (including phenoxy) is 1. The second-order valence-electron chi connectivity index (χ2n) is 4.79. The molecule has 0 bridgehead atoms. The number of aromatic nitrogens is 1. The van der Waals surface area contributed by atoms with E-state index in [2.05, 4.69) is 17.2 Å². The van der Waals surface area contributed by atoms with Crippen molar-refractivity contribution in [3.05, 3.63) is 59.7 Å². The Morgan fingerprint density at radius 1 is 1.15 bits per heavy atom. The molecular formula is C16H19FN2O. The van der Waals surface area contributed by atoms with Crippen molar-refractivity contribution in [1.29, 1.82) is 0 Å². The van der Waals surface area contributed by atoms with Crippen LogP contribution in [0.3, 0.4) is 0 Å². The fourth-order valence-electron chi connectivity index (χ4n) is 2.11. The molecule has 1 heterocycles. The van der Waals surface area contributed by atoms with Crippen LogP contribution in [-0.4, -0.2) is 12.1 Å². The molecule has 0 radical (unpaired) electrons. The van der Waals surface area contributed by atoms with Gasteiger partial charge >= 0.3 is 0 Å². The summed E-state index contributed by atoms with van der Waals surface area (Å²) in [6.07, 6.45) is 1.24. The van der Waals surface area contributed by atoms with Crippen molar-refractivity contribution in [2.45, 2.75) is 25.9 Å². The SMILES string of the molecule is COc1cccc(C(C)NC(C)c2ccc(F)cn2)c1. The maximum Gasteiger partial charge on any atom is 0.141 e. The molecule has 3 nitrogen and oxygen atoms in total. The first-order chi connectivity index (χ1) is 9.60. The van der Waals surface area contributed by atoms with Gasteiger partial charge in [0.2, 0.25) is 0 Å². The zero-order valence-electron chi connectivity index (χ0n) is 11.9. The minimum atomic E-state index is -0.318. The monoisotopic (exact) mass is 274 g/mol. The average molecular weight is 274 g/mol. The van der Waals surface area contributed by atoms with Crippen molar-refractivity contribution in [1.82, 2.24) is 10.3 Å². The molecule has 20 heavy (non-hydrogen) atoms. The Morgan fingerprint density at radius 2 is 1.95 bits per heavy atom. The van der Waals surface area contributed by atoms with Gasteiger partial charge < -0.3 is 10.1 Å². The number of nitrogens with one attached hydrogen (secondary N) is 1. The number of methoxy groups -OCH3 is 1. The Kier molecular flexibility index (Phi) is 4.69. The summed E-state index contributed by atoms with van der Waals surface area (Å²) in [5.74, 6) is 0.519. The summed E-state index contributed by atoms with van der Waals surface area (Å²) in [6.45, 7) is 4.09.